The number of amides is 1. The van der Waals surface area contributed by atoms with E-state index in [1.165, 1.54) is 6.92 Å². The highest BCUT2D eigenvalue weighted by molar-refractivity contribution is 5.72. The van der Waals surface area contributed by atoms with Gasteiger partial charge in [-0.25, -0.2) is 5.84 Å². The van der Waals surface area contributed by atoms with Crippen LogP contribution in [0.5, 0.6) is 0 Å². The highest BCUT2D eigenvalue weighted by Gasteiger charge is 1.97. The number of nitrogens with two attached hydrogens (primary N) is 2. The molecule has 0 aromatic rings. The SMILES string of the molecule is CC(=O)N(N)CCN. The third-order valence-corrected chi connectivity index (χ3v) is 0.774. The molecule has 0 heterocycles. The minimum atomic E-state index is -0.157. The van der Waals surface area contributed by atoms with Crippen LogP contribution in [0.15, 0.2) is 0 Å². The van der Waals surface area contributed by atoms with Gasteiger partial charge in [-0.2, -0.15) is 0 Å². The standard InChI is InChI=1S/C4H11N3O/c1-4(8)7(6)3-2-5/h2-3,5-6H2,1H3. The molecule has 0 unspecified atom stereocenters. The van der Waals surface area contributed by atoms with Crippen LogP contribution in [0.25, 0.3) is 0 Å². The average molecular weight is 117 g/mol. The van der Waals surface area contributed by atoms with Crippen LogP contribution in [0, 0.1) is 0 Å². The molecule has 0 saturated carbocycles. The van der Waals surface area contributed by atoms with E-state index in [0.717, 1.165) is 5.01 Å². The molecule has 4 nitrogen and oxygen atoms in total. The fourth-order valence-electron chi connectivity index (χ4n) is 0.297. The summed E-state index contributed by atoms with van der Waals surface area (Å²) in [5, 5.41) is 1.08. The van der Waals surface area contributed by atoms with Gasteiger partial charge >= 0.3 is 0 Å². The van der Waals surface area contributed by atoms with E-state index in [9.17, 15) is 4.79 Å². The van der Waals surface area contributed by atoms with E-state index in [0.29, 0.717) is 13.1 Å². The predicted molar refractivity (Wildman–Crippen MR) is 30.6 cm³/mol. The molecule has 0 saturated heterocycles. The Balaban J connectivity index is 3.32. The lowest BCUT2D eigenvalue weighted by atomic mass is 10.6. The van der Waals surface area contributed by atoms with Crippen LogP contribution in [0.3, 0.4) is 0 Å². The molecule has 0 aliphatic carbocycles. The zero-order valence-electron chi connectivity index (χ0n) is 4.92. The smallest absolute Gasteiger partial charge is 0.233 e. The summed E-state index contributed by atoms with van der Waals surface area (Å²) in [5.74, 6) is 4.97. The van der Waals surface area contributed by atoms with Gasteiger partial charge in [0.15, 0.2) is 0 Å². The maximum absolute atomic E-state index is 10.3. The van der Waals surface area contributed by atoms with Crippen molar-refractivity contribution < 1.29 is 4.79 Å². The van der Waals surface area contributed by atoms with E-state index in [4.69, 9.17) is 11.6 Å². The van der Waals surface area contributed by atoms with Crippen LogP contribution < -0.4 is 11.6 Å². The molecule has 0 aromatic heterocycles. The van der Waals surface area contributed by atoms with E-state index in [1.54, 1.807) is 0 Å². The van der Waals surface area contributed by atoms with E-state index in [1.807, 2.05) is 0 Å². The molecular weight excluding hydrogens is 106 g/mol. The first kappa shape index (κ1) is 7.39. The molecule has 0 aliphatic heterocycles. The maximum Gasteiger partial charge on any atom is 0.233 e. The number of hydrogen-bond acceptors (Lipinski definition) is 3. The molecule has 0 fully saturated rings. The van der Waals surface area contributed by atoms with Crippen LogP contribution in [-0.4, -0.2) is 24.0 Å². The monoisotopic (exact) mass is 117 g/mol. The second-order valence-corrected chi connectivity index (χ2v) is 1.50. The molecule has 0 radical (unpaired) electrons. The van der Waals surface area contributed by atoms with Gasteiger partial charge in [-0.15, -0.1) is 0 Å². The normalized spacial score (nSPS) is 8.88. The molecule has 4 N–H and O–H groups in total. The topological polar surface area (TPSA) is 72.3 Å². The Bertz CT molecular complexity index is 83.4. The van der Waals surface area contributed by atoms with Crippen LogP contribution in [-0.2, 0) is 4.79 Å². The van der Waals surface area contributed by atoms with Crippen LogP contribution >= 0.6 is 0 Å². The molecule has 0 rings (SSSR count). The molecular formula is C4H11N3O. The van der Waals surface area contributed by atoms with Crippen LogP contribution in [0.1, 0.15) is 6.92 Å². The molecule has 1 amide bonds. The average Bonchev–Trinajstić information content (AvgIpc) is 1.67. The number of carbonyl (C=O) groups excluding carboxylic acids is 1. The third-order valence-electron chi connectivity index (χ3n) is 0.774. The molecule has 0 atom stereocenters. The minimum absolute atomic E-state index is 0.157. The Morgan fingerprint density at radius 3 is 2.38 bits per heavy atom. The van der Waals surface area contributed by atoms with Crippen molar-refractivity contribution in [3.8, 4) is 0 Å². The summed E-state index contributed by atoms with van der Waals surface area (Å²) >= 11 is 0. The van der Waals surface area contributed by atoms with Crippen molar-refractivity contribution in [2.75, 3.05) is 13.1 Å². The quantitative estimate of drug-likeness (QED) is 0.267. The van der Waals surface area contributed by atoms with Gasteiger partial charge < -0.3 is 5.73 Å². The Morgan fingerprint density at radius 2 is 2.25 bits per heavy atom. The largest absolute Gasteiger partial charge is 0.329 e. The number of carbonyl (C=O) groups is 1. The first-order valence-electron chi connectivity index (χ1n) is 2.41. The summed E-state index contributed by atoms with van der Waals surface area (Å²) in [4.78, 5) is 10.3. The number of nitrogens with zero attached hydrogens (tertiary/aromatic N) is 1. The summed E-state index contributed by atoms with van der Waals surface area (Å²) < 4.78 is 0. The fourth-order valence-corrected chi connectivity index (χ4v) is 0.297. The van der Waals surface area contributed by atoms with Crippen LogP contribution in [0.2, 0.25) is 0 Å². The molecule has 0 bridgehead atoms. The van der Waals surface area contributed by atoms with Gasteiger partial charge in [0.25, 0.3) is 0 Å². The second-order valence-electron chi connectivity index (χ2n) is 1.50. The first-order chi connectivity index (χ1) is 3.68. The van der Waals surface area contributed by atoms with E-state index in [-0.39, 0.29) is 5.91 Å². The highest BCUT2D eigenvalue weighted by Crippen LogP contribution is 1.73. The lowest BCUT2D eigenvalue weighted by Crippen LogP contribution is -2.39. The summed E-state index contributed by atoms with van der Waals surface area (Å²) in [6, 6.07) is 0. The Kier molecular flexibility index (Phi) is 3.14. The van der Waals surface area contributed by atoms with Crippen molar-refractivity contribution in [2.45, 2.75) is 6.92 Å². The van der Waals surface area contributed by atoms with Gasteiger partial charge in [0.1, 0.15) is 0 Å². The zero-order valence-corrected chi connectivity index (χ0v) is 4.92. The van der Waals surface area contributed by atoms with E-state index in [2.05, 4.69) is 0 Å². The molecule has 0 spiro atoms. The van der Waals surface area contributed by atoms with Gasteiger partial charge in [0.2, 0.25) is 5.91 Å². The van der Waals surface area contributed by atoms with Crippen molar-refractivity contribution in [3.63, 3.8) is 0 Å². The Hall–Kier alpha value is -0.610. The summed E-state index contributed by atoms with van der Waals surface area (Å²) in [6.45, 7) is 2.24. The summed E-state index contributed by atoms with van der Waals surface area (Å²) in [6.07, 6.45) is 0. The third kappa shape index (κ3) is 2.54. The molecule has 0 aromatic carbocycles. The van der Waals surface area contributed by atoms with Crippen molar-refractivity contribution in [3.05, 3.63) is 0 Å². The Labute approximate surface area is 48.4 Å². The predicted octanol–water partition coefficient (Wildman–Crippen LogP) is -1.33. The highest BCUT2D eigenvalue weighted by atomic mass is 16.2. The Morgan fingerprint density at radius 1 is 1.75 bits per heavy atom. The summed E-state index contributed by atoms with van der Waals surface area (Å²) in [5.41, 5.74) is 5.09. The van der Waals surface area contributed by atoms with E-state index >= 15 is 0 Å². The van der Waals surface area contributed by atoms with Gasteiger partial charge in [-0.05, 0) is 0 Å². The van der Waals surface area contributed by atoms with E-state index < -0.39 is 0 Å². The maximum atomic E-state index is 10.3. The van der Waals surface area contributed by atoms with Crippen molar-refractivity contribution in [2.24, 2.45) is 11.6 Å². The van der Waals surface area contributed by atoms with Gasteiger partial charge in [-0.3, -0.25) is 9.80 Å². The van der Waals surface area contributed by atoms with Crippen molar-refractivity contribution >= 4 is 5.91 Å². The first-order valence-corrected chi connectivity index (χ1v) is 2.41. The number of hydrogen-bond donors (Lipinski definition) is 2. The fraction of sp³-hybridized carbons (Fsp3) is 0.750. The summed E-state index contributed by atoms with van der Waals surface area (Å²) in [7, 11) is 0. The van der Waals surface area contributed by atoms with Crippen LogP contribution in [0.4, 0.5) is 0 Å². The minimum Gasteiger partial charge on any atom is -0.329 e. The molecule has 4 heteroatoms. The van der Waals surface area contributed by atoms with Gasteiger partial charge in [-0.1, -0.05) is 0 Å². The number of rotatable bonds is 2. The molecule has 0 aliphatic rings. The lowest BCUT2D eigenvalue weighted by Gasteiger charge is -2.10. The van der Waals surface area contributed by atoms with Crippen molar-refractivity contribution in [1.82, 2.24) is 5.01 Å². The van der Waals surface area contributed by atoms with Crippen molar-refractivity contribution in [1.29, 1.82) is 0 Å². The zero-order chi connectivity index (χ0) is 6.57. The molecule has 8 heavy (non-hydrogen) atoms. The number of hydrazine groups is 1. The lowest BCUT2D eigenvalue weighted by molar-refractivity contribution is -0.129. The molecule has 48 valence electrons. The van der Waals surface area contributed by atoms with Gasteiger partial charge in [0.05, 0.1) is 0 Å². The second kappa shape index (κ2) is 3.40. The van der Waals surface area contributed by atoms with Gasteiger partial charge in [0, 0.05) is 20.0 Å².